The fourth-order valence-electron chi connectivity index (χ4n) is 3.30. The Labute approximate surface area is 132 Å². The van der Waals surface area contributed by atoms with E-state index in [0.717, 1.165) is 46.5 Å². The van der Waals surface area contributed by atoms with Crippen molar-refractivity contribution in [2.45, 2.75) is 25.2 Å². The SMILES string of the molecule is Nc1ncnn2c(C3CCC3)nc(-c3cc4ccccc4[nH]3)c12. The third-order valence-electron chi connectivity index (χ3n) is 4.74. The van der Waals surface area contributed by atoms with Crippen LogP contribution in [0.4, 0.5) is 5.82 Å². The summed E-state index contributed by atoms with van der Waals surface area (Å²) in [5.41, 5.74) is 9.80. The van der Waals surface area contributed by atoms with E-state index in [1.807, 2.05) is 16.6 Å². The first-order chi connectivity index (χ1) is 11.3. The number of nitrogens with one attached hydrogen (secondary N) is 1. The predicted molar refractivity (Wildman–Crippen MR) is 89.1 cm³/mol. The second-order valence-corrected chi connectivity index (χ2v) is 6.12. The Bertz CT molecular complexity index is 991. The zero-order chi connectivity index (χ0) is 15.4. The van der Waals surface area contributed by atoms with Gasteiger partial charge in [0.15, 0.2) is 5.82 Å². The Kier molecular flexibility index (Phi) is 2.50. The molecule has 5 rings (SSSR count). The number of rotatable bonds is 2. The van der Waals surface area contributed by atoms with Gasteiger partial charge in [0.2, 0.25) is 0 Å². The molecule has 0 saturated heterocycles. The minimum Gasteiger partial charge on any atom is -0.382 e. The van der Waals surface area contributed by atoms with Crippen molar-refractivity contribution in [1.29, 1.82) is 0 Å². The summed E-state index contributed by atoms with van der Waals surface area (Å²) in [6, 6.07) is 10.3. The van der Waals surface area contributed by atoms with Gasteiger partial charge in [-0.25, -0.2) is 14.5 Å². The summed E-state index contributed by atoms with van der Waals surface area (Å²) in [5, 5.41) is 5.55. The van der Waals surface area contributed by atoms with E-state index >= 15 is 0 Å². The van der Waals surface area contributed by atoms with Gasteiger partial charge in [0.25, 0.3) is 0 Å². The number of aromatic amines is 1. The number of aromatic nitrogens is 5. The fraction of sp³-hybridized carbons (Fsp3) is 0.235. The predicted octanol–water partition coefficient (Wildman–Crippen LogP) is 3.12. The molecule has 0 radical (unpaired) electrons. The van der Waals surface area contributed by atoms with Crippen LogP contribution >= 0.6 is 0 Å². The van der Waals surface area contributed by atoms with Crippen molar-refractivity contribution in [3.63, 3.8) is 0 Å². The van der Waals surface area contributed by atoms with E-state index in [1.165, 1.54) is 12.7 Å². The number of anilines is 1. The molecule has 1 aliphatic carbocycles. The molecule has 23 heavy (non-hydrogen) atoms. The molecule has 114 valence electrons. The smallest absolute Gasteiger partial charge is 0.153 e. The number of nitrogens with two attached hydrogens (primary N) is 1. The zero-order valence-corrected chi connectivity index (χ0v) is 12.5. The molecule has 0 bridgehead atoms. The van der Waals surface area contributed by atoms with E-state index in [1.54, 1.807) is 0 Å². The third-order valence-corrected chi connectivity index (χ3v) is 4.74. The topological polar surface area (TPSA) is 84.9 Å². The highest BCUT2D eigenvalue weighted by Crippen LogP contribution is 2.38. The van der Waals surface area contributed by atoms with Crippen LogP contribution in [0.3, 0.4) is 0 Å². The summed E-state index contributed by atoms with van der Waals surface area (Å²) in [4.78, 5) is 12.5. The number of imidazole rings is 1. The Balaban J connectivity index is 1.80. The molecule has 1 fully saturated rings. The van der Waals surface area contributed by atoms with Gasteiger partial charge in [-0.05, 0) is 25.0 Å². The van der Waals surface area contributed by atoms with E-state index in [0.29, 0.717) is 11.7 Å². The van der Waals surface area contributed by atoms with Crippen molar-refractivity contribution >= 4 is 22.2 Å². The second-order valence-electron chi connectivity index (χ2n) is 6.12. The molecule has 1 aromatic carbocycles. The quantitative estimate of drug-likeness (QED) is 0.596. The summed E-state index contributed by atoms with van der Waals surface area (Å²) in [6.45, 7) is 0. The average molecular weight is 304 g/mol. The van der Waals surface area contributed by atoms with Crippen LogP contribution in [0.15, 0.2) is 36.7 Å². The number of H-pyrrole nitrogens is 1. The lowest BCUT2D eigenvalue weighted by Crippen LogP contribution is -2.14. The largest absolute Gasteiger partial charge is 0.382 e. The van der Waals surface area contributed by atoms with Crippen LogP contribution in [0.2, 0.25) is 0 Å². The van der Waals surface area contributed by atoms with Gasteiger partial charge < -0.3 is 10.7 Å². The lowest BCUT2D eigenvalue weighted by atomic mass is 9.85. The van der Waals surface area contributed by atoms with Crippen molar-refractivity contribution in [2.75, 3.05) is 5.73 Å². The normalized spacial score (nSPS) is 15.3. The Morgan fingerprint density at radius 3 is 2.87 bits per heavy atom. The van der Waals surface area contributed by atoms with Crippen LogP contribution in [0.25, 0.3) is 27.8 Å². The van der Waals surface area contributed by atoms with Crippen LogP contribution in [0, 0.1) is 0 Å². The van der Waals surface area contributed by atoms with E-state index in [4.69, 9.17) is 10.7 Å². The van der Waals surface area contributed by atoms with Crippen molar-refractivity contribution in [2.24, 2.45) is 0 Å². The highest BCUT2D eigenvalue weighted by Gasteiger charge is 2.28. The lowest BCUT2D eigenvalue weighted by Gasteiger charge is -2.23. The van der Waals surface area contributed by atoms with E-state index in [9.17, 15) is 0 Å². The van der Waals surface area contributed by atoms with Gasteiger partial charge in [0, 0.05) is 16.8 Å². The van der Waals surface area contributed by atoms with Crippen LogP contribution in [-0.4, -0.2) is 24.6 Å². The number of fused-ring (bicyclic) bond motifs is 2. The fourth-order valence-corrected chi connectivity index (χ4v) is 3.30. The number of nitrogens with zero attached hydrogens (tertiary/aromatic N) is 4. The van der Waals surface area contributed by atoms with Gasteiger partial charge in [-0.2, -0.15) is 5.10 Å². The molecule has 6 nitrogen and oxygen atoms in total. The highest BCUT2D eigenvalue weighted by molar-refractivity contribution is 5.91. The Hall–Kier alpha value is -2.89. The molecular weight excluding hydrogens is 288 g/mol. The molecule has 0 amide bonds. The third kappa shape index (κ3) is 1.78. The first kappa shape index (κ1) is 12.6. The standard InChI is InChI=1S/C17H16N6/c18-16-15-14(13-8-11-4-1-2-7-12(11)21-13)22-17(10-5-3-6-10)23(15)20-9-19-16/h1-2,4,7-10,21H,3,5-6H2,(H2,18,19,20). The molecule has 6 heteroatoms. The summed E-state index contributed by atoms with van der Waals surface area (Å²) in [6.07, 6.45) is 5.08. The summed E-state index contributed by atoms with van der Waals surface area (Å²) in [5.74, 6) is 1.93. The molecule has 3 N–H and O–H groups in total. The summed E-state index contributed by atoms with van der Waals surface area (Å²) in [7, 11) is 0. The van der Waals surface area contributed by atoms with Gasteiger partial charge in [-0.3, -0.25) is 0 Å². The van der Waals surface area contributed by atoms with Gasteiger partial charge in [0.1, 0.15) is 23.4 Å². The monoisotopic (exact) mass is 304 g/mol. The van der Waals surface area contributed by atoms with Crippen LogP contribution in [0.5, 0.6) is 0 Å². The molecule has 0 aliphatic heterocycles. The number of para-hydroxylation sites is 1. The number of nitrogen functional groups attached to an aromatic ring is 1. The van der Waals surface area contributed by atoms with Crippen LogP contribution in [-0.2, 0) is 0 Å². The van der Waals surface area contributed by atoms with Gasteiger partial charge >= 0.3 is 0 Å². The molecule has 0 atom stereocenters. The average Bonchev–Trinajstić information content (AvgIpc) is 3.08. The molecule has 3 heterocycles. The highest BCUT2D eigenvalue weighted by atomic mass is 15.3. The van der Waals surface area contributed by atoms with Crippen molar-refractivity contribution in [3.05, 3.63) is 42.5 Å². The Morgan fingerprint density at radius 2 is 2.09 bits per heavy atom. The molecule has 1 aliphatic rings. The maximum absolute atomic E-state index is 6.14. The first-order valence-electron chi connectivity index (χ1n) is 7.88. The maximum atomic E-state index is 6.14. The minimum absolute atomic E-state index is 0.465. The Morgan fingerprint density at radius 1 is 1.22 bits per heavy atom. The van der Waals surface area contributed by atoms with Crippen molar-refractivity contribution in [1.82, 2.24) is 24.6 Å². The second kappa shape index (κ2) is 4.55. The van der Waals surface area contributed by atoms with E-state index < -0.39 is 0 Å². The number of benzene rings is 1. The van der Waals surface area contributed by atoms with Gasteiger partial charge in [-0.1, -0.05) is 24.6 Å². The van der Waals surface area contributed by atoms with E-state index in [2.05, 4.69) is 33.3 Å². The van der Waals surface area contributed by atoms with E-state index in [-0.39, 0.29) is 0 Å². The lowest BCUT2D eigenvalue weighted by molar-refractivity contribution is 0.396. The summed E-state index contributed by atoms with van der Waals surface area (Å²) >= 11 is 0. The van der Waals surface area contributed by atoms with Crippen LogP contribution in [0.1, 0.15) is 31.0 Å². The van der Waals surface area contributed by atoms with Crippen LogP contribution < -0.4 is 5.73 Å². The van der Waals surface area contributed by atoms with Crippen molar-refractivity contribution < 1.29 is 0 Å². The number of hydrogen-bond donors (Lipinski definition) is 2. The van der Waals surface area contributed by atoms with Crippen molar-refractivity contribution in [3.8, 4) is 11.4 Å². The zero-order valence-electron chi connectivity index (χ0n) is 12.5. The van der Waals surface area contributed by atoms with Gasteiger partial charge in [-0.15, -0.1) is 0 Å². The summed E-state index contributed by atoms with van der Waals surface area (Å²) < 4.78 is 1.87. The number of hydrogen-bond acceptors (Lipinski definition) is 4. The molecule has 3 aromatic heterocycles. The molecule has 4 aromatic rings. The molecule has 0 spiro atoms. The first-order valence-corrected chi connectivity index (χ1v) is 7.88. The molecule has 1 saturated carbocycles. The molecular formula is C17H16N6. The maximum Gasteiger partial charge on any atom is 0.153 e. The van der Waals surface area contributed by atoms with Gasteiger partial charge in [0.05, 0.1) is 5.69 Å². The minimum atomic E-state index is 0.465. The molecule has 0 unspecified atom stereocenters.